The SMILES string of the molecule is O=C(O)Cc1ccc(-n2c(O)c3c(OC(F)F)c4ccccc4c(OC(F)F)c3c2O)c(F)c1. The highest BCUT2D eigenvalue weighted by molar-refractivity contribution is 6.15. The summed E-state index contributed by atoms with van der Waals surface area (Å²) in [6, 6.07) is 8.34. The monoisotopic (exact) mass is 483 g/mol. The lowest BCUT2D eigenvalue weighted by molar-refractivity contribution is -0.136. The molecule has 0 aliphatic heterocycles. The van der Waals surface area contributed by atoms with E-state index in [0.29, 0.717) is 4.57 Å². The van der Waals surface area contributed by atoms with Gasteiger partial charge in [0.2, 0.25) is 11.8 Å². The van der Waals surface area contributed by atoms with Gasteiger partial charge in [0.05, 0.1) is 22.9 Å². The summed E-state index contributed by atoms with van der Waals surface area (Å²) >= 11 is 0. The second kappa shape index (κ2) is 8.61. The molecular formula is C22H14F5NO6. The number of aliphatic carboxylic acids is 1. The first kappa shape index (κ1) is 23.0. The summed E-state index contributed by atoms with van der Waals surface area (Å²) in [5.74, 6) is -5.65. The fourth-order valence-electron chi connectivity index (χ4n) is 3.79. The maximum absolute atomic E-state index is 14.8. The van der Waals surface area contributed by atoms with Gasteiger partial charge in [-0.3, -0.25) is 4.79 Å². The number of carbonyl (C=O) groups is 1. The van der Waals surface area contributed by atoms with E-state index in [4.69, 9.17) is 5.11 Å². The van der Waals surface area contributed by atoms with Gasteiger partial charge in [-0.2, -0.15) is 17.6 Å². The number of hydrogen-bond acceptors (Lipinski definition) is 5. The van der Waals surface area contributed by atoms with E-state index in [2.05, 4.69) is 9.47 Å². The number of alkyl halides is 4. The molecule has 0 unspecified atom stereocenters. The van der Waals surface area contributed by atoms with Gasteiger partial charge >= 0.3 is 19.2 Å². The molecule has 3 N–H and O–H groups in total. The van der Waals surface area contributed by atoms with Gasteiger partial charge < -0.3 is 24.8 Å². The number of fused-ring (bicyclic) bond motifs is 2. The molecule has 7 nitrogen and oxygen atoms in total. The highest BCUT2D eigenvalue weighted by Gasteiger charge is 2.30. The van der Waals surface area contributed by atoms with Gasteiger partial charge in [-0.25, -0.2) is 8.96 Å². The summed E-state index contributed by atoms with van der Waals surface area (Å²) in [4.78, 5) is 10.9. The molecule has 0 atom stereocenters. The molecule has 0 saturated carbocycles. The molecule has 0 amide bonds. The number of rotatable bonds is 7. The van der Waals surface area contributed by atoms with E-state index in [1.54, 1.807) is 0 Å². The third kappa shape index (κ3) is 3.87. The zero-order chi connectivity index (χ0) is 24.7. The first-order valence-corrected chi connectivity index (χ1v) is 9.51. The van der Waals surface area contributed by atoms with Crippen LogP contribution in [0.1, 0.15) is 5.56 Å². The Morgan fingerprint density at radius 2 is 1.38 bits per heavy atom. The zero-order valence-electron chi connectivity index (χ0n) is 16.8. The number of benzene rings is 3. The summed E-state index contributed by atoms with van der Waals surface area (Å²) in [6.45, 7) is -6.80. The van der Waals surface area contributed by atoms with Crippen LogP contribution in [-0.2, 0) is 11.2 Å². The van der Waals surface area contributed by atoms with Crippen molar-refractivity contribution in [2.45, 2.75) is 19.6 Å². The first-order valence-electron chi connectivity index (χ1n) is 9.51. The van der Waals surface area contributed by atoms with Crippen molar-refractivity contribution in [3.63, 3.8) is 0 Å². The minimum absolute atomic E-state index is 0.0543. The Morgan fingerprint density at radius 3 is 1.79 bits per heavy atom. The highest BCUT2D eigenvalue weighted by atomic mass is 19.3. The third-order valence-electron chi connectivity index (χ3n) is 5.01. The fraction of sp³-hybridized carbons (Fsp3) is 0.136. The molecule has 178 valence electrons. The van der Waals surface area contributed by atoms with Crippen molar-refractivity contribution in [3.8, 4) is 28.9 Å². The topological polar surface area (TPSA) is 101 Å². The van der Waals surface area contributed by atoms with Crippen LogP contribution in [0, 0.1) is 5.82 Å². The van der Waals surface area contributed by atoms with Crippen molar-refractivity contribution < 1.29 is 51.5 Å². The summed E-state index contributed by atoms with van der Waals surface area (Å²) in [5, 5.41) is 29.0. The Kier molecular flexibility index (Phi) is 5.82. The normalized spacial score (nSPS) is 11.6. The predicted molar refractivity (Wildman–Crippen MR) is 109 cm³/mol. The van der Waals surface area contributed by atoms with Gasteiger partial charge in [0.1, 0.15) is 17.3 Å². The van der Waals surface area contributed by atoms with Crippen LogP contribution in [0.25, 0.3) is 27.2 Å². The molecule has 0 aliphatic rings. The van der Waals surface area contributed by atoms with E-state index in [0.717, 1.165) is 12.1 Å². The average molecular weight is 483 g/mol. The largest absolute Gasteiger partial charge is 0.494 e. The highest BCUT2D eigenvalue weighted by Crippen LogP contribution is 2.53. The first-order chi connectivity index (χ1) is 16.1. The molecule has 4 aromatic rings. The van der Waals surface area contributed by atoms with Crippen molar-refractivity contribution >= 4 is 27.5 Å². The predicted octanol–water partition coefficient (Wildman–Crippen LogP) is 5.16. The van der Waals surface area contributed by atoms with Crippen molar-refractivity contribution in [2.24, 2.45) is 0 Å². The average Bonchev–Trinajstić information content (AvgIpc) is 3.00. The maximum Gasteiger partial charge on any atom is 0.387 e. The van der Waals surface area contributed by atoms with Crippen LogP contribution in [0.15, 0.2) is 42.5 Å². The number of carboxylic acids is 1. The lowest BCUT2D eigenvalue weighted by Crippen LogP contribution is -2.06. The summed E-state index contributed by atoms with van der Waals surface area (Å²) in [6.07, 6.45) is -0.521. The van der Waals surface area contributed by atoms with Crippen molar-refractivity contribution in [2.75, 3.05) is 0 Å². The lowest BCUT2D eigenvalue weighted by atomic mass is 10.0. The molecule has 0 spiro atoms. The van der Waals surface area contributed by atoms with E-state index >= 15 is 0 Å². The summed E-state index contributed by atoms with van der Waals surface area (Å²) in [5.41, 5.74) is -0.464. The van der Waals surface area contributed by atoms with Crippen molar-refractivity contribution in [1.29, 1.82) is 0 Å². The summed E-state index contributed by atoms with van der Waals surface area (Å²) < 4.78 is 77.4. The molecule has 0 bridgehead atoms. The van der Waals surface area contributed by atoms with Crippen LogP contribution < -0.4 is 9.47 Å². The molecule has 0 fully saturated rings. The zero-order valence-corrected chi connectivity index (χ0v) is 16.8. The number of carboxylic acid groups (broad SMARTS) is 1. The van der Waals surface area contributed by atoms with Crippen LogP contribution in [0.3, 0.4) is 0 Å². The second-order valence-electron chi connectivity index (χ2n) is 7.05. The van der Waals surface area contributed by atoms with E-state index in [1.807, 2.05) is 0 Å². The third-order valence-corrected chi connectivity index (χ3v) is 5.01. The minimum Gasteiger partial charge on any atom is -0.494 e. The molecule has 4 rings (SSSR count). The van der Waals surface area contributed by atoms with Gasteiger partial charge in [0.25, 0.3) is 0 Å². The van der Waals surface area contributed by atoms with Gasteiger partial charge in [-0.15, -0.1) is 0 Å². The van der Waals surface area contributed by atoms with E-state index in [1.165, 1.54) is 30.3 Å². The molecular weight excluding hydrogens is 469 g/mol. The van der Waals surface area contributed by atoms with E-state index in [-0.39, 0.29) is 16.3 Å². The Morgan fingerprint density at radius 1 is 0.882 bits per heavy atom. The molecule has 1 aromatic heterocycles. The van der Waals surface area contributed by atoms with Crippen LogP contribution >= 0.6 is 0 Å². The number of ether oxygens (including phenoxy) is 2. The Bertz CT molecular complexity index is 1350. The molecule has 3 aromatic carbocycles. The number of aromatic hydroxyl groups is 2. The number of halogens is 5. The van der Waals surface area contributed by atoms with Gasteiger partial charge in [0.15, 0.2) is 0 Å². The molecule has 34 heavy (non-hydrogen) atoms. The fourth-order valence-corrected chi connectivity index (χ4v) is 3.79. The van der Waals surface area contributed by atoms with Crippen LogP contribution in [-0.4, -0.2) is 39.1 Å². The number of hydrogen-bond donors (Lipinski definition) is 3. The van der Waals surface area contributed by atoms with Crippen LogP contribution in [0.5, 0.6) is 23.3 Å². The Labute approximate surface area is 186 Å². The van der Waals surface area contributed by atoms with Crippen LogP contribution in [0.2, 0.25) is 0 Å². The molecule has 1 heterocycles. The Hall–Kier alpha value is -4.22. The minimum atomic E-state index is -3.40. The molecule has 0 aliphatic carbocycles. The molecule has 12 heteroatoms. The number of nitrogens with zero attached hydrogens (tertiary/aromatic N) is 1. The Balaban J connectivity index is 2.11. The van der Waals surface area contributed by atoms with Gasteiger partial charge in [-0.1, -0.05) is 30.3 Å². The van der Waals surface area contributed by atoms with E-state index < -0.39 is 71.1 Å². The maximum atomic E-state index is 14.8. The van der Waals surface area contributed by atoms with E-state index in [9.17, 15) is 37.0 Å². The van der Waals surface area contributed by atoms with Crippen LogP contribution in [0.4, 0.5) is 22.0 Å². The summed E-state index contributed by atoms with van der Waals surface area (Å²) in [7, 11) is 0. The van der Waals surface area contributed by atoms with Gasteiger partial charge in [0, 0.05) is 10.8 Å². The molecule has 0 saturated heterocycles. The lowest BCUT2D eigenvalue weighted by Gasteiger charge is -2.15. The quantitative estimate of drug-likeness (QED) is 0.314. The standard InChI is InChI=1S/C22H14F5NO6/c23-12-7-9(8-14(29)30)5-6-13(12)28-19(31)15-16(20(28)32)18(34-22(26)27)11-4-2-1-3-10(11)17(15)33-21(24)25/h1-7,21-22,31-32H,8H2,(H,29,30). The second-order valence-corrected chi connectivity index (χ2v) is 7.05. The molecule has 0 radical (unpaired) electrons. The van der Waals surface area contributed by atoms with Gasteiger partial charge in [-0.05, 0) is 17.7 Å². The smallest absolute Gasteiger partial charge is 0.387 e. The van der Waals surface area contributed by atoms with Crippen molar-refractivity contribution in [1.82, 2.24) is 4.57 Å². The van der Waals surface area contributed by atoms with Crippen molar-refractivity contribution in [3.05, 3.63) is 53.8 Å². The number of aromatic nitrogens is 1.